The van der Waals surface area contributed by atoms with Gasteiger partial charge in [0.15, 0.2) is 0 Å². The number of benzene rings is 1. The van der Waals surface area contributed by atoms with E-state index in [0.717, 1.165) is 0 Å². The normalized spacial score (nSPS) is 10.5. The van der Waals surface area contributed by atoms with Crippen molar-refractivity contribution >= 4 is 17.6 Å². The minimum absolute atomic E-state index is 0.00519. The molecule has 1 aromatic heterocycles. The fourth-order valence-electron chi connectivity index (χ4n) is 1.26. The standard InChI is InChI=1S/C10H6ClFN2O3/c11-6-2-1-3-7(12)5(6)4-8-13-14-9(17-8)10(15)16/h1-3H,4H2,(H,15,16). The second-order valence-corrected chi connectivity index (χ2v) is 3.59. The van der Waals surface area contributed by atoms with Gasteiger partial charge in [0.2, 0.25) is 5.89 Å². The summed E-state index contributed by atoms with van der Waals surface area (Å²) in [5, 5.41) is 15.6. The first-order chi connectivity index (χ1) is 8.08. The first-order valence-electron chi connectivity index (χ1n) is 4.56. The van der Waals surface area contributed by atoms with E-state index < -0.39 is 17.7 Å². The van der Waals surface area contributed by atoms with Crippen LogP contribution >= 0.6 is 11.6 Å². The molecule has 2 aromatic rings. The van der Waals surface area contributed by atoms with Crippen LogP contribution in [-0.4, -0.2) is 21.3 Å². The Kier molecular flexibility index (Phi) is 3.06. The smallest absolute Gasteiger partial charge is 0.393 e. The summed E-state index contributed by atoms with van der Waals surface area (Å²) < 4.78 is 18.2. The van der Waals surface area contributed by atoms with Crippen LogP contribution in [0.5, 0.6) is 0 Å². The summed E-state index contributed by atoms with van der Waals surface area (Å²) in [4.78, 5) is 10.5. The lowest BCUT2D eigenvalue weighted by atomic mass is 10.1. The van der Waals surface area contributed by atoms with Crippen LogP contribution in [0, 0.1) is 5.82 Å². The number of hydrogen-bond acceptors (Lipinski definition) is 4. The number of carboxylic acid groups (broad SMARTS) is 1. The molecule has 88 valence electrons. The van der Waals surface area contributed by atoms with Crippen molar-refractivity contribution < 1.29 is 18.7 Å². The molecular weight excluding hydrogens is 251 g/mol. The summed E-state index contributed by atoms with van der Waals surface area (Å²) >= 11 is 5.80. The highest BCUT2D eigenvalue weighted by Gasteiger charge is 2.16. The topological polar surface area (TPSA) is 76.2 Å². The second kappa shape index (κ2) is 4.50. The minimum atomic E-state index is -1.33. The fraction of sp³-hybridized carbons (Fsp3) is 0.100. The van der Waals surface area contributed by atoms with Gasteiger partial charge in [-0.1, -0.05) is 17.7 Å². The SMILES string of the molecule is O=C(O)c1nnc(Cc2c(F)cccc2Cl)o1. The zero-order valence-electron chi connectivity index (χ0n) is 8.35. The molecule has 0 spiro atoms. The molecule has 0 amide bonds. The molecule has 0 bridgehead atoms. The van der Waals surface area contributed by atoms with E-state index >= 15 is 0 Å². The van der Waals surface area contributed by atoms with E-state index in [9.17, 15) is 9.18 Å². The van der Waals surface area contributed by atoms with Crippen LogP contribution < -0.4 is 0 Å². The maximum absolute atomic E-state index is 13.4. The predicted octanol–water partition coefficient (Wildman–Crippen LogP) is 2.15. The lowest BCUT2D eigenvalue weighted by Gasteiger charge is -2.01. The minimum Gasteiger partial charge on any atom is -0.474 e. The van der Waals surface area contributed by atoms with Crippen molar-refractivity contribution in [2.45, 2.75) is 6.42 Å². The van der Waals surface area contributed by atoms with Gasteiger partial charge in [-0.05, 0) is 12.1 Å². The van der Waals surface area contributed by atoms with E-state index in [4.69, 9.17) is 21.1 Å². The highest BCUT2D eigenvalue weighted by Crippen LogP contribution is 2.21. The Bertz CT molecular complexity index is 550. The van der Waals surface area contributed by atoms with E-state index in [1.165, 1.54) is 18.2 Å². The Labute approximate surface area is 99.8 Å². The molecule has 7 heteroatoms. The van der Waals surface area contributed by atoms with Gasteiger partial charge in [-0.3, -0.25) is 0 Å². The van der Waals surface area contributed by atoms with Gasteiger partial charge in [-0.2, -0.15) is 0 Å². The molecule has 5 nitrogen and oxygen atoms in total. The van der Waals surface area contributed by atoms with Gasteiger partial charge >= 0.3 is 11.9 Å². The van der Waals surface area contributed by atoms with Crippen molar-refractivity contribution in [1.29, 1.82) is 0 Å². The maximum Gasteiger partial charge on any atom is 0.393 e. The van der Waals surface area contributed by atoms with E-state index in [-0.39, 0.29) is 22.9 Å². The Balaban J connectivity index is 2.28. The van der Waals surface area contributed by atoms with Crippen molar-refractivity contribution in [1.82, 2.24) is 10.2 Å². The molecule has 0 saturated carbocycles. The van der Waals surface area contributed by atoms with Gasteiger partial charge in [-0.15, -0.1) is 10.2 Å². The molecule has 0 aliphatic carbocycles. The third-order valence-corrected chi connectivity index (χ3v) is 2.39. The molecule has 1 N–H and O–H groups in total. The van der Waals surface area contributed by atoms with Crippen LogP contribution in [0.1, 0.15) is 22.1 Å². The maximum atomic E-state index is 13.4. The molecule has 0 aliphatic heterocycles. The zero-order valence-corrected chi connectivity index (χ0v) is 9.11. The van der Waals surface area contributed by atoms with Crippen LogP contribution in [-0.2, 0) is 6.42 Å². The first kappa shape index (κ1) is 11.5. The van der Waals surface area contributed by atoms with Gasteiger partial charge in [0, 0.05) is 10.6 Å². The highest BCUT2D eigenvalue weighted by atomic mass is 35.5. The van der Waals surface area contributed by atoms with Crippen molar-refractivity contribution in [2.24, 2.45) is 0 Å². The Morgan fingerprint density at radius 3 is 2.82 bits per heavy atom. The Morgan fingerprint density at radius 2 is 2.24 bits per heavy atom. The number of hydrogen-bond donors (Lipinski definition) is 1. The van der Waals surface area contributed by atoms with Gasteiger partial charge in [0.05, 0.1) is 6.42 Å². The number of rotatable bonds is 3. The van der Waals surface area contributed by atoms with Crippen LogP contribution in [0.2, 0.25) is 5.02 Å². The van der Waals surface area contributed by atoms with Gasteiger partial charge in [0.25, 0.3) is 0 Å². The summed E-state index contributed by atoms with van der Waals surface area (Å²) in [6.45, 7) is 0. The Hall–Kier alpha value is -1.95. The number of nitrogens with zero attached hydrogens (tertiary/aromatic N) is 2. The molecule has 1 aromatic carbocycles. The molecule has 0 unspecified atom stereocenters. The second-order valence-electron chi connectivity index (χ2n) is 3.18. The first-order valence-corrected chi connectivity index (χ1v) is 4.94. The monoisotopic (exact) mass is 256 g/mol. The zero-order chi connectivity index (χ0) is 12.4. The van der Waals surface area contributed by atoms with Gasteiger partial charge in [-0.25, -0.2) is 9.18 Å². The summed E-state index contributed by atoms with van der Waals surface area (Å²) in [5.41, 5.74) is 0.190. The summed E-state index contributed by atoms with van der Waals surface area (Å²) in [6.07, 6.45) is -0.0498. The third-order valence-electron chi connectivity index (χ3n) is 2.04. The highest BCUT2D eigenvalue weighted by molar-refractivity contribution is 6.31. The fourth-order valence-corrected chi connectivity index (χ4v) is 1.49. The van der Waals surface area contributed by atoms with Gasteiger partial charge < -0.3 is 9.52 Å². The van der Waals surface area contributed by atoms with E-state index in [1.54, 1.807) is 0 Å². The molecule has 1 heterocycles. The van der Waals surface area contributed by atoms with E-state index in [1.807, 2.05) is 0 Å². The number of carbonyl (C=O) groups is 1. The van der Waals surface area contributed by atoms with Crippen molar-refractivity contribution in [3.63, 3.8) is 0 Å². The number of aromatic carboxylic acids is 1. The lowest BCUT2D eigenvalue weighted by Crippen LogP contribution is -1.95. The van der Waals surface area contributed by atoms with Crippen LogP contribution in [0.3, 0.4) is 0 Å². The molecule has 0 aliphatic rings. The average molecular weight is 257 g/mol. The van der Waals surface area contributed by atoms with Crippen molar-refractivity contribution in [2.75, 3.05) is 0 Å². The van der Waals surface area contributed by atoms with Gasteiger partial charge in [0.1, 0.15) is 5.82 Å². The summed E-state index contributed by atoms with van der Waals surface area (Å²) in [7, 11) is 0. The molecule has 0 radical (unpaired) electrons. The molecular formula is C10H6ClFN2O3. The molecule has 17 heavy (non-hydrogen) atoms. The summed E-state index contributed by atoms with van der Waals surface area (Å²) in [6, 6.07) is 4.24. The van der Waals surface area contributed by atoms with Crippen LogP contribution in [0.4, 0.5) is 4.39 Å². The Morgan fingerprint density at radius 1 is 1.47 bits per heavy atom. The lowest BCUT2D eigenvalue weighted by molar-refractivity contribution is 0.0651. The number of carboxylic acids is 1. The molecule has 0 saturated heterocycles. The largest absolute Gasteiger partial charge is 0.474 e. The molecule has 2 rings (SSSR count). The summed E-state index contributed by atoms with van der Waals surface area (Å²) in [5.74, 6) is -2.38. The number of aromatic nitrogens is 2. The molecule has 0 atom stereocenters. The molecule has 0 fully saturated rings. The van der Waals surface area contributed by atoms with Crippen LogP contribution in [0.25, 0.3) is 0 Å². The van der Waals surface area contributed by atoms with E-state index in [2.05, 4.69) is 10.2 Å². The van der Waals surface area contributed by atoms with Crippen molar-refractivity contribution in [3.8, 4) is 0 Å². The third kappa shape index (κ3) is 2.42. The van der Waals surface area contributed by atoms with Crippen LogP contribution in [0.15, 0.2) is 22.6 Å². The number of halogens is 2. The predicted molar refractivity (Wildman–Crippen MR) is 55.5 cm³/mol. The quantitative estimate of drug-likeness (QED) is 0.910. The van der Waals surface area contributed by atoms with Crippen molar-refractivity contribution in [3.05, 3.63) is 46.4 Å². The van der Waals surface area contributed by atoms with E-state index in [0.29, 0.717) is 0 Å². The average Bonchev–Trinajstić information content (AvgIpc) is 2.72.